The molecule has 1 saturated carbocycles. The molecule has 0 bridgehead atoms. The number of rotatable bonds is 5. The van der Waals surface area contributed by atoms with Crippen molar-refractivity contribution in [2.45, 2.75) is 25.9 Å². The predicted molar refractivity (Wildman–Crippen MR) is 114 cm³/mol. The number of likely N-dealkylation sites (N-methyl/N-ethyl adjacent to an activating group) is 1. The maximum absolute atomic E-state index is 12.0. The molecule has 1 amide bonds. The summed E-state index contributed by atoms with van der Waals surface area (Å²) >= 11 is 0. The molecule has 1 aliphatic carbocycles. The summed E-state index contributed by atoms with van der Waals surface area (Å²) in [6, 6.07) is 7.88. The minimum atomic E-state index is 0.0525. The average molecular weight is 401 g/mol. The molecule has 3 aromatic heterocycles. The van der Waals surface area contributed by atoms with Gasteiger partial charge in [-0.05, 0) is 56.5 Å². The summed E-state index contributed by atoms with van der Waals surface area (Å²) in [7, 11) is 2.08. The lowest BCUT2D eigenvalue weighted by molar-refractivity contribution is -0.117. The zero-order valence-corrected chi connectivity index (χ0v) is 17.1. The Morgan fingerprint density at radius 1 is 1.27 bits per heavy atom. The van der Waals surface area contributed by atoms with Crippen LogP contribution in [0.4, 0.5) is 5.82 Å². The third kappa shape index (κ3) is 3.74. The number of carbonyl (C=O) groups excluding carboxylic acids is 1. The summed E-state index contributed by atoms with van der Waals surface area (Å²) in [6.07, 6.45) is 5.75. The Morgan fingerprint density at radius 3 is 2.83 bits per heavy atom. The van der Waals surface area contributed by atoms with Crippen LogP contribution < -0.4 is 10.1 Å². The largest absolute Gasteiger partial charge is 0.485 e. The van der Waals surface area contributed by atoms with Crippen LogP contribution in [-0.2, 0) is 4.79 Å². The highest BCUT2D eigenvalue weighted by Gasteiger charge is 2.30. The van der Waals surface area contributed by atoms with Crippen molar-refractivity contribution in [1.82, 2.24) is 19.5 Å². The molecule has 0 spiro atoms. The van der Waals surface area contributed by atoms with Gasteiger partial charge in [0.25, 0.3) is 0 Å². The fraction of sp³-hybridized carbons (Fsp3) is 0.348. The van der Waals surface area contributed by atoms with E-state index in [9.17, 15) is 4.79 Å². The molecule has 0 aromatic carbocycles. The Labute approximate surface area is 175 Å². The van der Waals surface area contributed by atoms with Gasteiger partial charge in [0, 0.05) is 36.8 Å². The molecule has 30 heavy (non-hydrogen) atoms. The van der Waals surface area contributed by atoms with Crippen LogP contribution in [-0.4, -0.2) is 51.6 Å². The molecule has 2 fully saturated rings. The Bertz CT molecular complexity index is 1180. The number of carbonyl (C=O) groups is 1. The minimum absolute atomic E-state index is 0.0525. The number of hydrogen-bond acceptors (Lipinski definition) is 5. The van der Waals surface area contributed by atoms with E-state index in [1.165, 1.54) is 0 Å². The third-order valence-electron chi connectivity index (χ3n) is 5.42. The number of aromatic nitrogens is 3. The molecule has 1 N–H and O–H groups in total. The second-order valence-corrected chi connectivity index (χ2v) is 7.98. The molecule has 1 aliphatic heterocycles. The maximum atomic E-state index is 12.0. The summed E-state index contributed by atoms with van der Waals surface area (Å²) in [6.45, 7) is 3.61. The van der Waals surface area contributed by atoms with Gasteiger partial charge in [0.15, 0.2) is 5.82 Å². The molecular weight excluding hydrogens is 378 g/mol. The lowest BCUT2D eigenvalue weighted by Gasteiger charge is -2.36. The highest BCUT2D eigenvalue weighted by Crippen LogP contribution is 2.33. The van der Waals surface area contributed by atoms with E-state index in [2.05, 4.69) is 39.2 Å². The number of fused-ring (bicyclic) bond motifs is 1. The number of nitrogens with zero attached hydrogens (tertiary/aromatic N) is 4. The van der Waals surface area contributed by atoms with Gasteiger partial charge < -0.3 is 10.1 Å². The van der Waals surface area contributed by atoms with Crippen LogP contribution in [0.15, 0.2) is 36.7 Å². The van der Waals surface area contributed by atoms with Gasteiger partial charge in [0.1, 0.15) is 17.5 Å². The van der Waals surface area contributed by atoms with Crippen molar-refractivity contribution in [3.63, 3.8) is 0 Å². The number of anilines is 1. The first-order valence-electron chi connectivity index (χ1n) is 10.2. The van der Waals surface area contributed by atoms with E-state index < -0.39 is 0 Å². The first-order chi connectivity index (χ1) is 14.6. The summed E-state index contributed by atoms with van der Waals surface area (Å²) in [4.78, 5) is 18.7. The third-order valence-corrected chi connectivity index (χ3v) is 5.42. The lowest BCUT2D eigenvalue weighted by atomic mass is 10.1. The van der Waals surface area contributed by atoms with E-state index in [-0.39, 0.29) is 17.9 Å². The monoisotopic (exact) mass is 401 g/mol. The Morgan fingerprint density at radius 2 is 2.10 bits per heavy atom. The van der Waals surface area contributed by atoms with Crippen molar-refractivity contribution in [2.24, 2.45) is 5.92 Å². The second kappa shape index (κ2) is 7.47. The predicted octanol–water partition coefficient (Wildman–Crippen LogP) is 2.81. The van der Waals surface area contributed by atoms with Crippen LogP contribution >= 0.6 is 0 Å². The van der Waals surface area contributed by atoms with E-state index in [4.69, 9.17) is 4.74 Å². The van der Waals surface area contributed by atoms with Gasteiger partial charge in [-0.25, -0.2) is 9.50 Å². The SMILES string of the molecule is CC#Cc1cc(-c2ccn3nc(NC(=O)C4CC4)cc3c2)c(OC2CN(C)C2)cn1. The topological polar surface area (TPSA) is 71.8 Å². The lowest BCUT2D eigenvalue weighted by Crippen LogP contribution is -2.51. The fourth-order valence-corrected chi connectivity index (χ4v) is 3.65. The maximum Gasteiger partial charge on any atom is 0.228 e. The highest BCUT2D eigenvalue weighted by atomic mass is 16.5. The molecule has 7 nitrogen and oxygen atoms in total. The molecule has 0 radical (unpaired) electrons. The zero-order valence-electron chi connectivity index (χ0n) is 17.1. The van der Waals surface area contributed by atoms with Gasteiger partial charge in [-0.15, -0.1) is 0 Å². The first-order valence-corrected chi connectivity index (χ1v) is 10.2. The van der Waals surface area contributed by atoms with E-state index in [1.54, 1.807) is 17.6 Å². The first kappa shape index (κ1) is 18.6. The smallest absolute Gasteiger partial charge is 0.228 e. The van der Waals surface area contributed by atoms with Gasteiger partial charge >= 0.3 is 0 Å². The summed E-state index contributed by atoms with van der Waals surface area (Å²) in [5, 5.41) is 7.37. The van der Waals surface area contributed by atoms with Crippen LogP contribution in [0.25, 0.3) is 16.6 Å². The molecule has 0 atom stereocenters. The van der Waals surface area contributed by atoms with Gasteiger partial charge in [-0.3, -0.25) is 9.69 Å². The Balaban J connectivity index is 1.48. The van der Waals surface area contributed by atoms with Crippen molar-refractivity contribution in [3.8, 4) is 28.7 Å². The van der Waals surface area contributed by atoms with Crippen LogP contribution in [0, 0.1) is 17.8 Å². The molecular formula is C23H23N5O2. The molecule has 5 rings (SSSR count). The summed E-state index contributed by atoms with van der Waals surface area (Å²) in [5.74, 6) is 7.45. The van der Waals surface area contributed by atoms with E-state index in [0.29, 0.717) is 11.5 Å². The fourth-order valence-electron chi connectivity index (χ4n) is 3.65. The highest BCUT2D eigenvalue weighted by molar-refractivity contribution is 5.93. The average Bonchev–Trinajstić information content (AvgIpc) is 3.48. The second-order valence-electron chi connectivity index (χ2n) is 7.98. The number of hydrogen-bond donors (Lipinski definition) is 1. The quantitative estimate of drug-likeness (QED) is 0.666. The summed E-state index contributed by atoms with van der Waals surface area (Å²) in [5.41, 5.74) is 3.54. The van der Waals surface area contributed by atoms with Gasteiger partial charge in [-0.2, -0.15) is 5.10 Å². The standard InChI is InChI=1S/C23H23N5O2/c1-3-4-17-10-20(21(12-24-17)30-19-13-27(2)14-19)16-7-8-28-18(9-16)11-22(26-28)25-23(29)15-5-6-15/h7-12,15,19H,5-6,13-14H2,1-2H3,(H,25,26,29). The van der Waals surface area contributed by atoms with Crippen molar-refractivity contribution in [2.75, 3.05) is 25.5 Å². The van der Waals surface area contributed by atoms with E-state index >= 15 is 0 Å². The number of amides is 1. The van der Waals surface area contributed by atoms with Crippen molar-refractivity contribution >= 4 is 17.2 Å². The molecule has 1 saturated heterocycles. The van der Waals surface area contributed by atoms with Gasteiger partial charge in [0.05, 0.1) is 11.7 Å². The molecule has 3 aromatic rings. The van der Waals surface area contributed by atoms with Crippen LogP contribution in [0.2, 0.25) is 0 Å². The van der Waals surface area contributed by atoms with Crippen LogP contribution in [0.5, 0.6) is 5.75 Å². The molecule has 0 unspecified atom stereocenters. The van der Waals surface area contributed by atoms with Crippen molar-refractivity contribution in [3.05, 3.63) is 42.4 Å². The molecule has 2 aliphatic rings. The number of nitrogens with one attached hydrogen (secondary N) is 1. The van der Waals surface area contributed by atoms with Crippen molar-refractivity contribution in [1.29, 1.82) is 0 Å². The molecule has 152 valence electrons. The Hall–Kier alpha value is -3.37. The Kier molecular flexibility index (Phi) is 4.64. The summed E-state index contributed by atoms with van der Waals surface area (Å²) < 4.78 is 7.98. The van der Waals surface area contributed by atoms with Crippen LogP contribution in [0.3, 0.4) is 0 Å². The molecule has 4 heterocycles. The number of ether oxygens (including phenoxy) is 1. The van der Waals surface area contributed by atoms with Crippen LogP contribution in [0.1, 0.15) is 25.5 Å². The normalized spacial score (nSPS) is 16.6. The van der Waals surface area contributed by atoms with Crippen molar-refractivity contribution < 1.29 is 9.53 Å². The van der Waals surface area contributed by atoms with Gasteiger partial charge in [-0.1, -0.05) is 5.92 Å². The zero-order chi connectivity index (χ0) is 20.7. The van der Waals surface area contributed by atoms with E-state index in [0.717, 1.165) is 48.3 Å². The molecule has 7 heteroatoms. The van der Waals surface area contributed by atoms with Gasteiger partial charge in [0.2, 0.25) is 5.91 Å². The van der Waals surface area contributed by atoms with E-state index in [1.807, 2.05) is 30.5 Å². The number of likely N-dealkylation sites (tertiary alicyclic amines) is 1. The number of pyridine rings is 2. The minimum Gasteiger partial charge on any atom is -0.485 e.